The third-order valence-corrected chi connectivity index (χ3v) is 3.53. The third-order valence-electron chi connectivity index (χ3n) is 3.53. The molecule has 0 saturated carbocycles. The van der Waals surface area contributed by atoms with Crippen molar-refractivity contribution in [3.05, 3.63) is 69.8 Å². The number of aromatic hydroxyl groups is 1. The zero-order valence-corrected chi connectivity index (χ0v) is 13.9. The average molecular weight is 324 g/mol. The standard InChI is InChI=1S/C19H20N2O3/c1-19(2,3)15-8-11-18(22)17(13-15)20-12-4-5-14-6-9-16(10-7-14)21(23)24/h4-13,22H,1-3H3/b5-4-,20-12?. The highest BCUT2D eigenvalue weighted by atomic mass is 16.6. The highest BCUT2D eigenvalue weighted by molar-refractivity contribution is 5.81. The number of aliphatic imine (C=N–C) groups is 1. The molecule has 0 fully saturated rings. The molecule has 5 nitrogen and oxygen atoms in total. The molecule has 1 N–H and O–H groups in total. The second-order valence-corrected chi connectivity index (χ2v) is 6.44. The summed E-state index contributed by atoms with van der Waals surface area (Å²) in [5, 5.41) is 20.5. The number of rotatable bonds is 4. The zero-order valence-electron chi connectivity index (χ0n) is 13.9. The van der Waals surface area contributed by atoms with Gasteiger partial charge in [0.1, 0.15) is 11.4 Å². The van der Waals surface area contributed by atoms with Crippen molar-refractivity contribution in [1.29, 1.82) is 0 Å². The monoisotopic (exact) mass is 324 g/mol. The smallest absolute Gasteiger partial charge is 0.269 e. The summed E-state index contributed by atoms with van der Waals surface area (Å²) >= 11 is 0. The molecule has 0 aliphatic carbocycles. The summed E-state index contributed by atoms with van der Waals surface area (Å²) in [6.45, 7) is 6.30. The Balaban J connectivity index is 2.12. The Morgan fingerprint density at radius 2 is 1.79 bits per heavy atom. The van der Waals surface area contributed by atoms with E-state index in [9.17, 15) is 15.2 Å². The van der Waals surface area contributed by atoms with Gasteiger partial charge in [0.05, 0.1) is 4.92 Å². The Kier molecular flexibility index (Phi) is 5.14. The number of phenols is 1. The highest BCUT2D eigenvalue weighted by Gasteiger charge is 2.14. The Morgan fingerprint density at radius 1 is 1.12 bits per heavy atom. The first kappa shape index (κ1) is 17.4. The lowest BCUT2D eigenvalue weighted by Gasteiger charge is -2.19. The molecule has 0 radical (unpaired) electrons. The van der Waals surface area contributed by atoms with E-state index < -0.39 is 4.92 Å². The summed E-state index contributed by atoms with van der Waals surface area (Å²) in [6.07, 6.45) is 5.10. The number of nitro benzene ring substituents is 1. The molecule has 0 spiro atoms. The van der Waals surface area contributed by atoms with Crippen LogP contribution in [0.5, 0.6) is 5.75 Å². The number of non-ortho nitro benzene ring substituents is 1. The summed E-state index contributed by atoms with van der Waals surface area (Å²) in [4.78, 5) is 14.4. The predicted octanol–water partition coefficient (Wildman–Crippen LogP) is 5.01. The van der Waals surface area contributed by atoms with Gasteiger partial charge < -0.3 is 5.11 Å². The largest absolute Gasteiger partial charge is 0.506 e. The van der Waals surface area contributed by atoms with Gasteiger partial charge in [0, 0.05) is 18.3 Å². The first-order chi connectivity index (χ1) is 11.3. The van der Waals surface area contributed by atoms with E-state index in [1.54, 1.807) is 36.6 Å². The minimum absolute atomic E-state index is 0.0213. The van der Waals surface area contributed by atoms with Crippen molar-refractivity contribution in [3.8, 4) is 5.75 Å². The molecule has 0 amide bonds. The van der Waals surface area contributed by atoms with Crippen molar-refractivity contribution < 1.29 is 10.0 Å². The van der Waals surface area contributed by atoms with E-state index >= 15 is 0 Å². The van der Waals surface area contributed by atoms with Gasteiger partial charge >= 0.3 is 0 Å². The molecule has 0 aliphatic heterocycles. The van der Waals surface area contributed by atoms with Crippen LogP contribution in [0.2, 0.25) is 0 Å². The fourth-order valence-electron chi connectivity index (χ4n) is 2.08. The fourth-order valence-corrected chi connectivity index (χ4v) is 2.08. The molecular formula is C19H20N2O3. The normalized spacial score (nSPS) is 12.1. The summed E-state index contributed by atoms with van der Waals surface area (Å²) < 4.78 is 0. The summed E-state index contributed by atoms with van der Waals surface area (Å²) in [6, 6.07) is 11.6. The van der Waals surface area contributed by atoms with Gasteiger partial charge in [-0.25, -0.2) is 0 Å². The van der Waals surface area contributed by atoms with Crippen LogP contribution in [0.1, 0.15) is 31.9 Å². The Hall–Kier alpha value is -2.95. The Morgan fingerprint density at radius 3 is 2.38 bits per heavy atom. The molecule has 2 aromatic rings. The van der Waals surface area contributed by atoms with Crippen LogP contribution < -0.4 is 0 Å². The molecule has 2 rings (SSSR count). The Bertz CT molecular complexity index is 785. The number of nitro groups is 1. The minimum atomic E-state index is -0.431. The van der Waals surface area contributed by atoms with Gasteiger partial charge in [0.2, 0.25) is 0 Å². The molecular weight excluding hydrogens is 304 g/mol. The van der Waals surface area contributed by atoms with Crippen LogP contribution in [0, 0.1) is 10.1 Å². The molecule has 0 heterocycles. The maximum atomic E-state index is 10.6. The SMILES string of the molecule is CC(C)(C)c1ccc(O)c(N=C/C=C\c2ccc([N+](=O)[O-])cc2)c1. The number of hydrogen-bond donors (Lipinski definition) is 1. The van der Waals surface area contributed by atoms with Gasteiger partial charge in [-0.1, -0.05) is 32.9 Å². The number of allylic oxidation sites excluding steroid dienone is 1. The van der Waals surface area contributed by atoms with Crippen molar-refractivity contribution in [3.63, 3.8) is 0 Å². The van der Waals surface area contributed by atoms with E-state index in [2.05, 4.69) is 25.8 Å². The van der Waals surface area contributed by atoms with Gasteiger partial charge in [0.25, 0.3) is 5.69 Å². The number of nitrogens with zero attached hydrogens (tertiary/aromatic N) is 2. The number of hydrogen-bond acceptors (Lipinski definition) is 4. The van der Waals surface area contributed by atoms with Gasteiger partial charge in [-0.3, -0.25) is 15.1 Å². The molecule has 0 aromatic heterocycles. The van der Waals surface area contributed by atoms with Crippen LogP contribution in [0.15, 0.2) is 53.5 Å². The van der Waals surface area contributed by atoms with Crippen LogP contribution in [-0.2, 0) is 5.41 Å². The lowest BCUT2D eigenvalue weighted by molar-refractivity contribution is -0.384. The molecule has 0 bridgehead atoms. The fraction of sp³-hybridized carbons (Fsp3) is 0.211. The molecule has 0 atom stereocenters. The lowest BCUT2D eigenvalue weighted by Crippen LogP contribution is -2.10. The second kappa shape index (κ2) is 7.08. The average Bonchev–Trinajstić information content (AvgIpc) is 2.52. The van der Waals surface area contributed by atoms with Gasteiger partial charge in [0.15, 0.2) is 0 Å². The van der Waals surface area contributed by atoms with Crippen LogP contribution in [0.3, 0.4) is 0 Å². The van der Waals surface area contributed by atoms with E-state index in [-0.39, 0.29) is 16.9 Å². The Labute approximate surface area is 141 Å². The number of phenolic OH excluding ortho intramolecular Hbond substituents is 1. The van der Waals surface area contributed by atoms with Gasteiger partial charge in [-0.2, -0.15) is 0 Å². The summed E-state index contributed by atoms with van der Waals surface area (Å²) in [5.41, 5.74) is 2.47. The van der Waals surface area contributed by atoms with Crippen molar-refractivity contribution in [2.75, 3.05) is 0 Å². The quantitative estimate of drug-likeness (QED) is 0.488. The van der Waals surface area contributed by atoms with Crippen LogP contribution in [0.4, 0.5) is 11.4 Å². The van der Waals surface area contributed by atoms with Gasteiger partial charge in [-0.05, 0) is 46.9 Å². The predicted molar refractivity (Wildman–Crippen MR) is 97.1 cm³/mol. The first-order valence-electron chi connectivity index (χ1n) is 7.56. The number of benzene rings is 2. The minimum Gasteiger partial charge on any atom is -0.506 e. The van der Waals surface area contributed by atoms with E-state index in [1.807, 2.05) is 12.1 Å². The van der Waals surface area contributed by atoms with Gasteiger partial charge in [-0.15, -0.1) is 0 Å². The maximum Gasteiger partial charge on any atom is 0.269 e. The molecule has 24 heavy (non-hydrogen) atoms. The van der Waals surface area contributed by atoms with Crippen molar-refractivity contribution >= 4 is 23.7 Å². The van der Waals surface area contributed by atoms with E-state index in [1.165, 1.54) is 12.1 Å². The van der Waals surface area contributed by atoms with E-state index in [4.69, 9.17) is 0 Å². The first-order valence-corrected chi connectivity index (χ1v) is 7.56. The molecule has 0 saturated heterocycles. The second-order valence-electron chi connectivity index (χ2n) is 6.44. The van der Waals surface area contributed by atoms with Crippen LogP contribution >= 0.6 is 0 Å². The van der Waals surface area contributed by atoms with Crippen LogP contribution in [0.25, 0.3) is 6.08 Å². The third kappa shape index (κ3) is 4.52. The molecule has 0 unspecified atom stereocenters. The van der Waals surface area contributed by atoms with Crippen molar-refractivity contribution in [2.45, 2.75) is 26.2 Å². The lowest BCUT2D eigenvalue weighted by atomic mass is 9.87. The maximum absolute atomic E-state index is 10.6. The highest BCUT2D eigenvalue weighted by Crippen LogP contribution is 2.32. The van der Waals surface area contributed by atoms with Crippen LogP contribution in [-0.4, -0.2) is 16.2 Å². The van der Waals surface area contributed by atoms with E-state index in [0.29, 0.717) is 5.69 Å². The molecule has 0 aliphatic rings. The van der Waals surface area contributed by atoms with Crippen molar-refractivity contribution in [1.82, 2.24) is 0 Å². The summed E-state index contributed by atoms with van der Waals surface area (Å²) in [7, 11) is 0. The molecule has 2 aromatic carbocycles. The zero-order chi connectivity index (χ0) is 17.7. The topological polar surface area (TPSA) is 75.7 Å². The molecule has 124 valence electrons. The molecule has 5 heteroatoms. The van der Waals surface area contributed by atoms with E-state index in [0.717, 1.165) is 11.1 Å². The summed E-state index contributed by atoms with van der Waals surface area (Å²) in [5.74, 6) is 0.128. The van der Waals surface area contributed by atoms with Crippen molar-refractivity contribution in [2.24, 2.45) is 4.99 Å².